The number of hydrogen-bond donors (Lipinski definition) is 3. The standard InChI is InChI=1S/C23H25F3N2O6S/c1-3-33-20-12-15(27-22(30)17-6-4-5-7-18(17)29)10-11-21(20)35(31,32)28-16-9-8-14(2)19(13-16)34-23(24,25)26/h4-5,8-13,17-18,28-29H,3,6-7H2,1-2H3,(H,27,30)/t17?,18-/m0/s1. The number of rotatable bonds is 8. The van der Waals surface area contributed by atoms with Gasteiger partial charge in [0, 0.05) is 17.8 Å². The third-order valence-electron chi connectivity index (χ3n) is 5.20. The fraction of sp³-hybridized carbons (Fsp3) is 0.348. The first-order valence-electron chi connectivity index (χ1n) is 10.7. The Bertz CT molecular complexity index is 1210. The lowest BCUT2D eigenvalue weighted by atomic mass is 9.90. The summed E-state index contributed by atoms with van der Waals surface area (Å²) in [6, 6.07) is 7.41. The first-order chi connectivity index (χ1) is 16.4. The number of alkyl halides is 3. The predicted octanol–water partition coefficient (Wildman–Crippen LogP) is 4.36. The highest BCUT2D eigenvalue weighted by Gasteiger charge is 2.32. The van der Waals surface area contributed by atoms with Crippen LogP contribution in [0.5, 0.6) is 11.5 Å². The van der Waals surface area contributed by atoms with E-state index in [0.29, 0.717) is 12.8 Å². The van der Waals surface area contributed by atoms with E-state index >= 15 is 0 Å². The lowest BCUT2D eigenvalue weighted by Gasteiger charge is -2.23. The maximum atomic E-state index is 13.0. The van der Waals surface area contributed by atoms with Crippen LogP contribution in [-0.4, -0.2) is 38.5 Å². The second-order valence-corrected chi connectivity index (χ2v) is 9.48. The third kappa shape index (κ3) is 6.89. The monoisotopic (exact) mass is 514 g/mol. The molecule has 1 amide bonds. The number of ether oxygens (including phenoxy) is 2. The molecule has 35 heavy (non-hydrogen) atoms. The molecular formula is C23H25F3N2O6S. The van der Waals surface area contributed by atoms with Gasteiger partial charge in [-0.15, -0.1) is 13.2 Å². The van der Waals surface area contributed by atoms with Crippen LogP contribution in [0.3, 0.4) is 0 Å². The minimum atomic E-state index is -4.94. The maximum absolute atomic E-state index is 13.0. The molecule has 12 heteroatoms. The van der Waals surface area contributed by atoms with Crippen molar-refractivity contribution in [3.8, 4) is 11.5 Å². The smallest absolute Gasteiger partial charge is 0.492 e. The van der Waals surface area contributed by atoms with Crippen LogP contribution in [0.15, 0.2) is 53.4 Å². The van der Waals surface area contributed by atoms with Gasteiger partial charge in [0.2, 0.25) is 5.91 Å². The number of carbonyl (C=O) groups is 1. The second kappa shape index (κ2) is 10.6. The van der Waals surface area contributed by atoms with Gasteiger partial charge in [0.15, 0.2) is 0 Å². The number of hydrogen-bond acceptors (Lipinski definition) is 6. The average molecular weight is 515 g/mol. The molecule has 2 aromatic rings. The Morgan fingerprint density at radius 2 is 1.74 bits per heavy atom. The number of nitrogens with one attached hydrogen (secondary N) is 2. The fourth-order valence-corrected chi connectivity index (χ4v) is 4.68. The number of aliphatic hydroxyl groups excluding tert-OH is 1. The average Bonchev–Trinajstić information content (AvgIpc) is 2.75. The molecule has 0 fully saturated rings. The molecule has 0 aromatic heterocycles. The molecule has 0 bridgehead atoms. The van der Waals surface area contributed by atoms with Crippen LogP contribution < -0.4 is 19.5 Å². The van der Waals surface area contributed by atoms with Gasteiger partial charge in [0.1, 0.15) is 16.4 Å². The number of aliphatic hydroxyl groups is 1. The van der Waals surface area contributed by atoms with Crippen molar-refractivity contribution < 1.29 is 41.0 Å². The molecule has 1 aliphatic rings. The van der Waals surface area contributed by atoms with E-state index in [1.807, 2.05) is 0 Å². The third-order valence-corrected chi connectivity index (χ3v) is 6.62. The number of aryl methyl sites for hydroxylation is 1. The highest BCUT2D eigenvalue weighted by atomic mass is 32.2. The van der Waals surface area contributed by atoms with Gasteiger partial charge in [0.25, 0.3) is 10.0 Å². The van der Waals surface area contributed by atoms with Crippen molar-refractivity contribution in [1.82, 2.24) is 0 Å². The largest absolute Gasteiger partial charge is 0.573 e. The van der Waals surface area contributed by atoms with E-state index in [1.54, 1.807) is 19.1 Å². The number of allylic oxidation sites excluding steroid dienone is 1. The Morgan fingerprint density at radius 1 is 1.09 bits per heavy atom. The van der Waals surface area contributed by atoms with E-state index in [4.69, 9.17) is 4.74 Å². The van der Waals surface area contributed by atoms with Crippen LogP contribution in [-0.2, 0) is 14.8 Å². The number of anilines is 2. The number of amides is 1. The van der Waals surface area contributed by atoms with Crippen LogP contribution in [0.4, 0.5) is 24.5 Å². The molecule has 1 aliphatic carbocycles. The van der Waals surface area contributed by atoms with Crippen LogP contribution in [0.1, 0.15) is 25.3 Å². The van der Waals surface area contributed by atoms with Crippen molar-refractivity contribution in [2.24, 2.45) is 5.92 Å². The predicted molar refractivity (Wildman–Crippen MR) is 123 cm³/mol. The van der Waals surface area contributed by atoms with Crippen LogP contribution in [0.2, 0.25) is 0 Å². The van der Waals surface area contributed by atoms with Gasteiger partial charge in [-0.3, -0.25) is 9.52 Å². The topological polar surface area (TPSA) is 114 Å². The van der Waals surface area contributed by atoms with Gasteiger partial charge < -0.3 is 19.9 Å². The summed E-state index contributed by atoms with van der Waals surface area (Å²) in [5, 5.41) is 12.7. The zero-order valence-corrected chi connectivity index (χ0v) is 19.7. The Hall–Kier alpha value is -3.25. The van der Waals surface area contributed by atoms with E-state index < -0.39 is 40.1 Å². The molecule has 0 saturated heterocycles. The highest BCUT2D eigenvalue weighted by Crippen LogP contribution is 2.33. The molecule has 3 rings (SSSR count). The second-order valence-electron chi connectivity index (χ2n) is 7.83. The SMILES string of the molecule is CCOc1cc(NC(=O)C2CC=CC[C@@H]2O)ccc1S(=O)(=O)Nc1ccc(C)c(OC(F)(F)F)c1. The van der Waals surface area contributed by atoms with Crippen LogP contribution >= 0.6 is 0 Å². The van der Waals surface area contributed by atoms with Crippen molar-refractivity contribution in [3.63, 3.8) is 0 Å². The van der Waals surface area contributed by atoms with Gasteiger partial charge in [-0.25, -0.2) is 8.42 Å². The van der Waals surface area contributed by atoms with Crippen molar-refractivity contribution in [1.29, 1.82) is 0 Å². The molecule has 0 heterocycles. The molecule has 8 nitrogen and oxygen atoms in total. The summed E-state index contributed by atoms with van der Waals surface area (Å²) >= 11 is 0. The maximum Gasteiger partial charge on any atom is 0.573 e. The molecule has 0 saturated carbocycles. The lowest BCUT2D eigenvalue weighted by molar-refractivity contribution is -0.274. The molecule has 2 aromatic carbocycles. The molecule has 0 radical (unpaired) electrons. The first kappa shape index (κ1) is 26.4. The quantitative estimate of drug-likeness (QED) is 0.451. The van der Waals surface area contributed by atoms with Gasteiger partial charge in [-0.2, -0.15) is 0 Å². The van der Waals surface area contributed by atoms with Crippen LogP contribution in [0.25, 0.3) is 0 Å². The van der Waals surface area contributed by atoms with Gasteiger partial charge in [0.05, 0.1) is 24.3 Å². The zero-order chi connectivity index (χ0) is 25.8. The summed E-state index contributed by atoms with van der Waals surface area (Å²) in [4.78, 5) is 12.3. The lowest BCUT2D eigenvalue weighted by Crippen LogP contribution is -2.33. The summed E-state index contributed by atoms with van der Waals surface area (Å²) in [5.74, 6) is -1.67. The minimum absolute atomic E-state index is 0.0687. The Kier molecular flexibility index (Phi) is 7.96. The fourth-order valence-electron chi connectivity index (χ4n) is 3.50. The number of benzene rings is 2. The number of carbonyl (C=O) groups excluding carboxylic acids is 1. The molecule has 3 N–H and O–H groups in total. The van der Waals surface area contributed by atoms with Crippen molar-refractivity contribution in [2.75, 3.05) is 16.6 Å². The van der Waals surface area contributed by atoms with E-state index in [9.17, 15) is 31.5 Å². The van der Waals surface area contributed by atoms with Crippen LogP contribution in [0, 0.1) is 12.8 Å². The first-order valence-corrected chi connectivity index (χ1v) is 12.2. The Morgan fingerprint density at radius 3 is 2.40 bits per heavy atom. The Labute approximate surface area is 200 Å². The van der Waals surface area contributed by atoms with E-state index in [2.05, 4.69) is 14.8 Å². The minimum Gasteiger partial charge on any atom is -0.492 e. The van der Waals surface area contributed by atoms with Crippen molar-refractivity contribution in [2.45, 2.75) is 44.1 Å². The summed E-state index contributed by atoms with van der Waals surface area (Å²) in [7, 11) is -4.29. The van der Waals surface area contributed by atoms with E-state index in [-0.39, 0.29) is 34.2 Å². The number of sulfonamides is 1. The van der Waals surface area contributed by atoms with Gasteiger partial charge >= 0.3 is 6.36 Å². The van der Waals surface area contributed by atoms with E-state index in [0.717, 1.165) is 6.07 Å². The summed E-state index contributed by atoms with van der Waals surface area (Å²) in [5.41, 5.74) is 0.281. The molecule has 1 unspecified atom stereocenters. The normalized spacial score (nSPS) is 18.1. The van der Waals surface area contributed by atoms with Crippen molar-refractivity contribution >= 4 is 27.3 Å². The molecule has 190 valence electrons. The molecular weight excluding hydrogens is 489 g/mol. The van der Waals surface area contributed by atoms with Crippen molar-refractivity contribution in [3.05, 3.63) is 54.1 Å². The summed E-state index contributed by atoms with van der Waals surface area (Å²) in [6.07, 6.45) is -1.43. The zero-order valence-electron chi connectivity index (χ0n) is 18.9. The Balaban J connectivity index is 1.84. The van der Waals surface area contributed by atoms with E-state index in [1.165, 1.54) is 37.3 Å². The van der Waals surface area contributed by atoms with Gasteiger partial charge in [-0.1, -0.05) is 18.2 Å². The summed E-state index contributed by atoms with van der Waals surface area (Å²) < 4.78 is 75.6. The number of halogens is 3. The molecule has 0 spiro atoms. The molecule has 0 aliphatic heterocycles. The highest BCUT2D eigenvalue weighted by molar-refractivity contribution is 7.92. The summed E-state index contributed by atoms with van der Waals surface area (Å²) in [6.45, 7) is 3.14. The van der Waals surface area contributed by atoms with Gasteiger partial charge in [-0.05, 0) is 50.5 Å². The molecule has 2 atom stereocenters.